The Kier molecular flexibility index (Phi) is 7.07. The van der Waals surface area contributed by atoms with E-state index in [2.05, 4.69) is 48.7 Å². The predicted octanol–water partition coefficient (Wildman–Crippen LogP) is 4.70. The van der Waals surface area contributed by atoms with E-state index < -0.39 is 0 Å². The van der Waals surface area contributed by atoms with Crippen molar-refractivity contribution in [3.63, 3.8) is 0 Å². The van der Waals surface area contributed by atoms with Crippen molar-refractivity contribution in [1.29, 1.82) is 0 Å². The number of rotatable bonds is 7. The highest BCUT2D eigenvalue weighted by atomic mass is 32.1. The molecule has 0 bridgehead atoms. The zero-order valence-corrected chi connectivity index (χ0v) is 16.1. The van der Waals surface area contributed by atoms with Crippen LogP contribution < -0.4 is 20.1 Å². The number of aryl methyl sites for hydroxylation is 1. The van der Waals surface area contributed by atoms with Crippen molar-refractivity contribution in [3.8, 4) is 11.5 Å². The van der Waals surface area contributed by atoms with E-state index in [0.717, 1.165) is 18.5 Å². The number of anilines is 1. The molecule has 4 nitrogen and oxygen atoms in total. The summed E-state index contributed by atoms with van der Waals surface area (Å²) in [6, 6.07) is 14.4. The number of ether oxygens (including phenoxy) is 2. The monoisotopic (exact) mass is 358 g/mol. The number of methoxy groups -OCH3 is 2. The second-order valence-corrected chi connectivity index (χ2v) is 6.32. The Hall–Kier alpha value is -2.27. The highest BCUT2D eigenvalue weighted by Gasteiger charge is 2.09. The number of nitrogens with one attached hydrogen (secondary N) is 2. The van der Waals surface area contributed by atoms with Gasteiger partial charge >= 0.3 is 0 Å². The van der Waals surface area contributed by atoms with Gasteiger partial charge in [0.05, 0.1) is 20.3 Å². The van der Waals surface area contributed by atoms with Crippen molar-refractivity contribution >= 4 is 23.0 Å². The molecule has 2 aromatic carbocycles. The molecule has 1 atom stereocenters. The molecule has 0 radical (unpaired) electrons. The van der Waals surface area contributed by atoms with Crippen LogP contribution in [0.2, 0.25) is 0 Å². The van der Waals surface area contributed by atoms with E-state index in [9.17, 15) is 0 Å². The Morgan fingerprint density at radius 1 is 1.04 bits per heavy atom. The van der Waals surface area contributed by atoms with Gasteiger partial charge in [-0.2, -0.15) is 0 Å². The molecule has 2 N–H and O–H groups in total. The maximum absolute atomic E-state index is 5.43. The number of hydrogen-bond donors (Lipinski definition) is 2. The van der Waals surface area contributed by atoms with Crippen molar-refractivity contribution in [2.24, 2.45) is 0 Å². The third kappa shape index (κ3) is 5.64. The average Bonchev–Trinajstić information content (AvgIpc) is 2.62. The molecule has 0 amide bonds. The molecule has 0 spiro atoms. The van der Waals surface area contributed by atoms with E-state index in [1.54, 1.807) is 14.2 Å². The summed E-state index contributed by atoms with van der Waals surface area (Å²) >= 11 is 5.43. The van der Waals surface area contributed by atoms with E-state index in [4.69, 9.17) is 21.7 Å². The van der Waals surface area contributed by atoms with Gasteiger partial charge in [0.2, 0.25) is 0 Å². The van der Waals surface area contributed by atoms with Gasteiger partial charge in [0.25, 0.3) is 0 Å². The van der Waals surface area contributed by atoms with Crippen LogP contribution in [0.5, 0.6) is 11.5 Å². The van der Waals surface area contributed by atoms with Crippen LogP contribution in [0.25, 0.3) is 0 Å². The summed E-state index contributed by atoms with van der Waals surface area (Å²) in [6.07, 6.45) is 2.27. The van der Waals surface area contributed by atoms with E-state index in [1.165, 1.54) is 11.1 Å². The zero-order chi connectivity index (χ0) is 18.2. The summed E-state index contributed by atoms with van der Waals surface area (Å²) in [7, 11) is 3.25. The molecule has 0 saturated carbocycles. The van der Waals surface area contributed by atoms with Crippen molar-refractivity contribution in [2.75, 3.05) is 19.5 Å². The van der Waals surface area contributed by atoms with Gasteiger partial charge < -0.3 is 20.1 Å². The number of thiocarbonyl (C=S) groups is 1. The molecule has 0 aromatic heterocycles. The topological polar surface area (TPSA) is 42.5 Å². The molecule has 0 heterocycles. The van der Waals surface area contributed by atoms with Crippen molar-refractivity contribution in [3.05, 3.63) is 53.6 Å². The first-order valence-electron chi connectivity index (χ1n) is 8.45. The maximum atomic E-state index is 5.43. The van der Waals surface area contributed by atoms with Crippen LogP contribution in [0.1, 0.15) is 37.4 Å². The minimum absolute atomic E-state index is 0.114. The fourth-order valence-corrected chi connectivity index (χ4v) is 2.88. The van der Waals surface area contributed by atoms with Gasteiger partial charge in [-0.05, 0) is 36.7 Å². The summed E-state index contributed by atoms with van der Waals surface area (Å²) in [5.74, 6) is 1.42. The van der Waals surface area contributed by atoms with Gasteiger partial charge in [-0.3, -0.25) is 0 Å². The van der Waals surface area contributed by atoms with Gasteiger partial charge in [-0.1, -0.05) is 37.6 Å². The molecular formula is C20H26N2O2S. The summed E-state index contributed by atoms with van der Waals surface area (Å²) in [5.41, 5.74) is 3.38. The SMILES string of the molecule is CCCc1ccc(C(C)NC(=S)Nc2cc(OC)cc(OC)c2)cc1. The van der Waals surface area contributed by atoms with Gasteiger partial charge in [0.15, 0.2) is 5.11 Å². The number of benzene rings is 2. The van der Waals surface area contributed by atoms with Gasteiger partial charge in [0, 0.05) is 23.9 Å². The standard InChI is InChI=1S/C20H26N2O2S/c1-5-6-15-7-9-16(10-8-15)14(2)21-20(25)22-17-11-18(23-3)13-19(12-17)24-4/h7-14H,5-6H2,1-4H3,(H2,21,22,25). The van der Waals surface area contributed by atoms with E-state index in [-0.39, 0.29) is 6.04 Å². The van der Waals surface area contributed by atoms with Crippen LogP contribution in [0.3, 0.4) is 0 Å². The van der Waals surface area contributed by atoms with Gasteiger partial charge in [-0.15, -0.1) is 0 Å². The summed E-state index contributed by atoms with van der Waals surface area (Å²) in [6.45, 7) is 4.28. The van der Waals surface area contributed by atoms with Gasteiger partial charge in [0.1, 0.15) is 11.5 Å². The van der Waals surface area contributed by atoms with Crippen LogP contribution in [0.15, 0.2) is 42.5 Å². The van der Waals surface area contributed by atoms with Crippen LogP contribution >= 0.6 is 12.2 Å². The lowest BCUT2D eigenvalue weighted by atomic mass is 10.0. The zero-order valence-electron chi connectivity index (χ0n) is 15.3. The molecular weight excluding hydrogens is 332 g/mol. The summed E-state index contributed by atoms with van der Waals surface area (Å²) in [5, 5.41) is 7.05. The quantitative estimate of drug-likeness (QED) is 0.702. The van der Waals surface area contributed by atoms with Gasteiger partial charge in [-0.25, -0.2) is 0 Å². The summed E-state index contributed by atoms with van der Waals surface area (Å²) in [4.78, 5) is 0. The van der Waals surface area contributed by atoms with E-state index in [0.29, 0.717) is 16.6 Å². The smallest absolute Gasteiger partial charge is 0.171 e. The Labute approximate surface area is 155 Å². The van der Waals surface area contributed by atoms with Crippen molar-refractivity contribution < 1.29 is 9.47 Å². The molecule has 0 fully saturated rings. The lowest BCUT2D eigenvalue weighted by Crippen LogP contribution is -2.30. The molecule has 0 saturated heterocycles. The Bertz CT molecular complexity index is 679. The molecule has 2 aromatic rings. The average molecular weight is 359 g/mol. The molecule has 0 aliphatic carbocycles. The molecule has 25 heavy (non-hydrogen) atoms. The minimum atomic E-state index is 0.114. The fraction of sp³-hybridized carbons (Fsp3) is 0.350. The van der Waals surface area contributed by atoms with Crippen LogP contribution in [-0.4, -0.2) is 19.3 Å². The molecule has 134 valence electrons. The van der Waals surface area contributed by atoms with Crippen molar-refractivity contribution in [1.82, 2.24) is 5.32 Å². The van der Waals surface area contributed by atoms with E-state index in [1.807, 2.05) is 18.2 Å². The molecule has 0 aliphatic rings. The highest BCUT2D eigenvalue weighted by molar-refractivity contribution is 7.80. The molecule has 2 rings (SSSR count). The Morgan fingerprint density at radius 2 is 1.64 bits per heavy atom. The first kappa shape index (κ1) is 19.1. The second kappa shape index (κ2) is 9.28. The van der Waals surface area contributed by atoms with Crippen LogP contribution in [0.4, 0.5) is 5.69 Å². The second-order valence-electron chi connectivity index (χ2n) is 5.91. The lowest BCUT2D eigenvalue weighted by molar-refractivity contribution is 0.395. The minimum Gasteiger partial charge on any atom is -0.497 e. The molecule has 1 unspecified atom stereocenters. The van der Waals surface area contributed by atoms with E-state index >= 15 is 0 Å². The highest BCUT2D eigenvalue weighted by Crippen LogP contribution is 2.26. The molecule has 5 heteroatoms. The Balaban J connectivity index is 1.99. The Morgan fingerprint density at radius 3 is 2.16 bits per heavy atom. The predicted molar refractivity (Wildman–Crippen MR) is 108 cm³/mol. The fourth-order valence-electron chi connectivity index (χ4n) is 2.59. The normalized spacial score (nSPS) is 11.5. The third-order valence-corrected chi connectivity index (χ3v) is 4.20. The lowest BCUT2D eigenvalue weighted by Gasteiger charge is -2.18. The van der Waals surface area contributed by atoms with Crippen LogP contribution in [-0.2, 0) is 6.42 Å². The molecule has 0 aliphatic heterocycles. The first-order valence-corrected chi connectivity index (χ1v) is 8.86. The number of hydrogen-bond acceptors (Lipinski definition) is 3. The first-order chi connectivity index (χ1) is 12.0. The third-order valence-electron chi connectivity index (χ3n) is 3.98. The summed E-state index contributed by atoms with van der Waals surface area (Å²) < 4.78 is 10.6. The largest absolute Gasteiger partial charge is 0.497 e. The maximum Gasteiger partial charge on any atom is 0.171 e. The van der Waals surface area contributed by atoms with Crippen LogP contribution in [0, 0.1) is 0 Å². The van der Waals surface area contributed by atoms with Crippen molar-refractivity contribution in [2.45, 2.75) is 32.7 Å².